The Morgan fingerprint density at radius 2 is 2.35 bits per heavy atom. The number of benzene rings is 1. The molecule has 2 rings (SSSR count). The zero-order chi connectivity index (χ0) is 12.3. The quantitative estimate of drug-likeness (QED) is 0.769. The predicted octanol–water partition coefficient (Wildman–Crippen LogP) is 1.46. The first-order chi connectivity index (χ1) is 8.20. The number of terminal acetylenes is 1. The molecule has 1 heterocycles. The molecule has 0 radical (unpaired) electrons. The highest BCUT2D eigenvalue weighted by atomic mass is 16.1. The Hall–Kier alpha value is -1.79. The second-order valence-corrected chi connectivity index (χ2v) is 4.42. The molecular formula is C14H16N2O. The van der Waals surface area contributed by atoms with Crippen LogP contribution in [0.1, 0.15) is 12.5 Å². The van der Waals surface area contributed by atoms with E-state index in [0.717, 1.165) is 24.3 Å². The molecule has 0 saturated carbocycles. The van der Waals surface area contributed by atoms with Gasteiger partial charge in [0.1, 0.15) is 0 Å². The summed E-state index contributed by atoms with van der Waals surface area (Å²) in [4.78, 5) is 12.0. The first-order valence-corrected chi connectivity index (χ1v) is 5.79. The van der Waals surface area contributed by atoms with Crippen molar-refractivity contribution in [3.63, 3.8) is 0 Å². The molecule has 0 bridgehead atoms. The lowest BCUT2D eigenvalue weighted by atomic mass is 9.88. The van der Waals surface area contributed by atoms with Gasteiger partial charge in [0, 0.05) is 17.2 Å². The van der Waals surface area contributed by atoms with Gasteiger partial charge in [0.25, 0.3) is 0 Å². The van der Waals surface area contributed by atoms with E-state index in [-0.39, 0.29) is 11.8 Å². The highest BCUT2D eigenvalue weighted by molar-refractivity contribution is 5.92. The van der Waals surface area contributed by atoms with Crippen LogP contribution < -0.4 is 10.6 Å². The van der Waals surface area contributed by atoms with Crippen molar-refractivity contribution in [3.8, 4) is 12.3 Å². The molecule has 1 unspecified atom stereocenters. The van der Waals surface area contributed by atoms with E-state index in [9.17, 15) is 4.79 Å². The molecule has 1 aromatic carbocycles. The van der Waals surface area contributed by atoms with Crippen LogP contribution in [0.3, 0.4) is 0 Å². The molecule has 1 atom stereocenters. The maximum absolute atomic E-state index is 12.0. The minimum Gasteiger partial charge on any atom is -0.326 e. The van der Waals surface area contributed by atoms with Crippen LogP contribution in [-0.2, 0) is 4.79 Å². The summed E-state index contributed by atoms with van der Waals surface area (Å²) in [6.07, 6.45) is 5.32. The van der Waals surface area contributed by atoms with Crippen LogP contribution in [0.2, 0.25) is 0 Å². The zero-order valence-electron chi connectivity index (χ0n) is 9.86. The Morgan fingerprint density at radius 1 is 1.59 bits per heavy atom. The van der Waals surface area contributed by atoms with Crippen molar-refractivity contribution in [1.29, 1.82) is 0 Å². The standard InChI is InChI=1S/C14H16N2O/c1-3-11-5-4-6-13(7-11)16-14(17)10(2)12-8-15-9-12/h1,4-7,10,12,15H,8-9H2,2H3,(H,16,17). The molecule has 0 aliphatic carbocycles. The second kappa shape index (κ2) is 5.03. The molecule has 1 aliphatic rings. The third-order valence-electron chi connectivity index (χ3n) is 3.23. The molecule has 2 N–H and O–H groups in total. The molecule has 1 aromatic rings. The minimum absolute atomic E-state index is 0.0331. The van der Waals surface area contributed by atoms with E-state index in [0.29, 0.717) is 5.92 Å². The number of anilines is 1. The summed E-state index contributed by atoms with van der Waals surface area (Å²) in [5, 5.41) is 6.08. The van der Waals surface area contributed by atoms with Gasteiger partial charge in [0.15, 0.2) is 0 Å². The molecule has 3 heteroatoms. The van der Waals surface area contributed by atoms with Gasteiger partial charge in [-0.15, -0.1) is 6.42 Å². The van der Waals surface area contributed by atoms with Gasteiger partial charge in [0.05, 0.1) is 0 Å². The van der Waals surface area contributed by atoms with E-state index in [4.69, 9.17) is 6.42 Å². The normalized spacial score (nSPS) is 16.7. The van der Waals surface area contributed by atoms with Crippen LogP contribution in [0.5, 0.6) is 0 Å². The Morgan fingerprint density at radius 3 is 2.94 bits per heavy atom. The highest BCUT2D eigenvalue weighted by Gasteiger charge is 2.28. The molecule has 1 aliphatic heterocycles. The fourth-order valence-electron chi connectivity index (χ4n) is 1.82. The van der Waals surface area contributed by atoms with Gasteiger partial charge in [-0.3, -0.25) is 4.79 Å². The average molecular weight is 228 g/mol. The van der Waals surface area contributed by atoms with E-state index in [1.807, 2.05) is 31.2 Å². The summed E-state index contributed by atoms with van der Waals surface area (Å²) >= 11 is 0. The van der Waals surface area contributed by atoms with E-state index in [2.05, 4.69) is 16.6 Å². The number of amides is 1. The van der Waals surface area contributed by atoms with Gasteiger partial charge in [-0.05, 0) is 37.2 Å². The fraction of sp³-hybridized carbons (Fsp3) is 0.357. The van der Waals surface area contributed by atoms with Crippen molar-refractivity contribution in [1.82, 2.24) is 5.32 Å². The number of carbonyl (C=O) groups is 1. The third-order valence-corrected chi connectivity index (χ3v) is 3.23. The average Bonchev–Trinajstić information content (AvgIpc) is 2.27. The Bertz CT molecular complexity index is 458. The summed E-state index contributed by atoms with van der Waals surface area (Å²) in [5.74, 6) is 3.10. The monoisotopic (exact) mass is 228 g/mol. The molecular weight excluding hydrogens is 212 g/mol. The van der Waals surface area contributed by atoms with Gasteiger partial charge < -0.3 is 10.6 Å². The van der Waals surface area contributed by atoms with Crippen molar-refractivity contribution in [2.45, 2.75) is 6.92 Å². The van der Waals surface area contributed by atoms with E-state index in [1.165, 1.54) is 0 Å². The van der Waals surface area contributed by atoms with Crippen LogP contribution in [0.4, 0.5) is 5.69 Å². The lowest BCUT2D eigenvalue weighted by Gasteiger charge is -2.31. The van der Waals surface area contributed by atoms with Gasteiger partial charge >= 0.3 is 0 Å². The zero-order valence-corrected chi connectivity index (χ0v) is 9.86. The van der Waals surface area contributed by atoms with Crippen molar-refractivity contribution < 1.29 is 4.79 Å². The molecule has 0 spiro atoms. The van der Waals surface area contributed by atoms with Gasteiger partial charge in [0.2, 0.25) is 5.91 Å². The van der Waals surface area contributed by atoms with E-state index < -0.39 is 0 Å². The van der Waals surface area contributed by atoms with Gasteiger partial charge in [-0.1, -0.05) is 18.9 Å². The van der Waals surface area contributed by atoms with Crippen LogP contribution in [0.25, 0.3) is 0 Å². The Labute approximate surface area is 102 Å². The Kier molecular flexibility index (Phi) is 3.46. The van der Waals surface area contributed by atoms with Crippen molar-refractivity contribution >= 4 is 11.6 Å². The molecule has 17 heavy (non-hydrogen) atoms. The highest BCUT2D eigenvalue weighted by Crippen LogP contribution is 2.18. The van der Waals surface area contributed by atoms with Crippen molar-refractivity contribution in [2.24, 2.45) is 11.8 Å². The third kappa shape index (κ3) is 2.66. The second-order valence-electron chi connectivity index (χ2n) is 4.42. The number of nitrogens with one attached hydrogen (secondary N) is 2. The van der Waals surface area contributed by atoms with Crippen LogP contribution in [-0.4, -0.2) is 19.0 Å². The number of hydrogen-bond donors (Lipinski definition) is 2. The van der Waals surface area contributed by atoms with E-state index in [1.54, 1.807) is 0 Å². The van der Waals surface area contributed by atoms with Crippen LogP contribution in [0, 0.1) is 24.2 Å². The maximum atomic E-state index is 12.0. The summed E-state index contributed by atoms with van der Waals surface area (Å²) in [6, 6.07) is 7.35. The lowest BCUT2D eigenvalue weighted by Crippen LogP contribution is -2.48. The van der Waals surface area contributed by atoms with Crippen LogP contribution >= 0.6 is 0 Å². The fourth-order valence-corrected chi connectivity index (χ4v) is 1.82. The minimum atomic E-state index is 0.0331. The molecule has 3 nitrogen and oxygen atoms in total. The molecule has 0 aromatic heterocycles. The SMILES string of the molecule is C#Cc1cccc(NC(=O)C(C)C2CNC2)c1. The predicted molar refractivity (Wildman–Crippen MR) is 68.5 cm³/mol. The van der Waals surface area contributed by atoms with Gasteiger partial charge in [-0.2, -0.15) is 0 Å². The number of rotatable bonds is 3. The molecule has 1 fully saturated rings. The topological polar surface area (TPSA) is 41.1 Å². The molecule has 1 saturated heterocycles. The molecule has 1 amide bonds. The van der Waals surface area contributed by atoms with Crippen LogP contribution in [0.15, 0.2) is 24.3 Å². The largest absolute Gasteiger partial charge is 0.326 e. The maximum Gasteiger partial charge on any atom is 0.227 e. The first-order valence-electron chi connectivity index (χ1n) is 5.79. The smallest absolute Gasteiger partial charge is 0.227 e. The summed E-state index contributed by atoms with van der Waals surface area (Å²) in [5.41, 5.74) is 1.55. The molecule has 88 valence electrons. The summed E-state index contributed by atoms with van der Waals surface area (Å²) in [6.45, 7) is 3.82. The number of hydrogen-bond acceptors (Lipinski definition) is 2. The lowest BCUT2D eigenvalue weighted by molar-refractivity contribution is -0.121. The first kappa shape index (κ1) is 11.7. The van der Waals surface area contributed by atoms with Crippen molar-refractivity contribution in [2.75, 3.05) is 18.4 Å². The number of carbonyl (C=O) groups excluding carboxylic acids is 1. The Balaban J connectivity index is 1.99. The van der Waals surface area contributed by atoms with Gasteiger partial charge in [-0.25, -0.2) is 0 Å². The summed E-state index contributed by atoms with van der Waals surface area (Å²) < 4.78 is 0. The van der Waals surface area contributed by atoms with Crippen molar-refractivity contribution in [3.05, 3.63) is 29.8 Å². The van der Waals surface area contributed by atoms with E-state index >= 15 is 0 Å². The summed E-state index contributed by atoms with van der Waals surface area (Å²) in [7, 11) is 0.